The van der Waals surface area contributed by atoms with Gasteiger partial charge in [0.05, 0.1) is 5.88 Å². The van der Waals surface area contributed by atoms with E-state index >= 15 is 0 Å². The van der Waals surface area contributed by atoms with Gasteiger partial charge in [-0.15, -0.1) is 11.6 Å². The Balaban J connectivity index is 2.45. The zero-order chi connectivity index (χ0) is 14.7. The van der Waals surface area contributed by atoms with Crippen LogP contribution in [0.3, 0.4) is 0 Å². The second-order valence-electron chi connectivity index (χ2n) is 4.17. The van der Waals surface area contributed by atoms with Crippen molar-refractivity contribution in [2.24, 2.45) is 0 Å². The molecule has 2 rings (SSSR count). The maximum Gasteiger partial charge on any atom is 0.308 e. The summed E-state index contributed by atoms with van der Waals surface area (Å²) in [5, 5.41) is 0. The Hall–Kier alpha value is -1.94. The number of rotatable bonds is 3. The Morgan fingerprint density at radius 2 is 1.95 bits per heavy atom. The van der Waals surface area contributed by atoms with Gasteiger partial charge in [0.1, 0.15) is 17.4 Å². The zero-order valence-electron chi connectivity index (χ0n) is 10.6. The van der Waals surface area contributed by atoms with Crippen molar-refractivity contribution in [3.8, 4) is 16.9 Å². The minimum Gasteiger partial charge on any atom is -0.426 e. The molecule has 104 valence electrons. The first-order valence-corrected chi connectivity index (χ1v) is 6.37. The quantitative estimate of drug-likeness (QED) is 0.480. The van der Waals surface area contributed by atoms with Gasteiger partial charge in [0.15, 0.2) is 0 Å². The van der Waals surface area contributed by atoms with Gasteiger partial charge in [0.2, 0.25) is 0 Å². The molecule has 0 aliphatic rings. The molecule has 0 fully saturated rings. The van der Waals surface area contributed by atoms with E-state index < -0.39 is 17.6 Å². The predicted molar refractivity (Wildman–Crippen MR) is 72.7 cm³/mol. The van der Waals surface area contributed by atoms with E-state index in [-0.39, 0.29) is 11.4 Å². The van der Waals surface area contributed by atoms with E-state index in [0.29, 0.717) is 16.9 Å². The maximum atomic E-state index is 13.7. The lowest BCUT2D eigenvalue weighted by molar-refractivity contribution is -0.131. The lowest BCUT2D eigenvalue weighted by atomic mass is 10.0. The van der Waals surface area contributed by atoms with Crippen LogP contribution in [-0.2, 0) is 10.7 Å². The van der Waals surface area contributed by atoms with Gasteiger partial charge in [-0.25, -0.2) is 8.78 Å². The third kappa shape index (κ3) is 3.14. The van der Waals surface area contributed by atoms with Crippen molar-refractivity contribution in [2.45, 2.75) is 12.8 Å². The van der Waals surface area contributed by atoms with Gasteiger partial charge in [-0.1, -0.05) is 6.07 Å². The normalized spacial score (nSPS) is 10.4. The highest BCUT2D eigenvalue weighted by Crippen LogP contribution is 2.29. The molecule has 0 radical (unpaired) electrons. The number of carbonyl (C=O) groups is 1. The van der Waals surface area contributed by atoms with Gasteiger partial charge in [0.25, 0.3) is 0 Å². The van der Waals surface area contributed by atoms with Crippen molar-refractivity contribution in [1.82, 2.24) is 0 Å². The lowest BCUT2D eigenvalue weighted by Crippen LogP contribution is -2.03. The first kappa shape index (κ1) is 14.5. The number of carbonyl (C=O) groups excluding carboxylic acids is 1. The minimum atomic E-state index is -0.661. The molecule has 0 saturated heterocycles. The highest BCUT2D eigenvalue weighted by atomic mass is 35.5. The SMILES string of the molecule is CC(=O)Oc1ccc(-c2ccc(F)cc2F)cc1CCl. The topological polar surface area (TPSA) is 26.3 Å². The van der Waals surface area contributed by atoms with E-state index in [9.17, 15) is 13.6 Å². The van der Waals surface area contributed by atoms with Crippen molar-refractivity contribution in [2.75, 3.05) is 0 Å². The number of esters is 1. The van der Waals surface area contributed by atoms with Crippen LogP contribution in [0.2, 0.25) is 0 Å². The summed E-state index contributed by atoms with van der Waals surface area (Å²) in [7, 11) is 0. The Kier molecular flexibility index (Phi) is 4.35. The molecule has 0 N–H and O–H groups in total. The largest absolute Gasteiger partial charge is 0.426 e. The average molecular weight is 297 g/mol. The second-order valence-corrected chi connectivity index (χ2v) is 4.44. The van der Waals surface area contributed by atoms with Gasteiger partial charge in [0, 0.05) is 24.1 Å². The van der Waals surface area contributed by atoms with Crippen LogP contribution in [0.5, 0.6) is 5.75 Å². The summed E-state index contributed by atoms with van der Waals surface area (Å²) < 4.78 is 31.6. The molecule has 0 bridgehead atoms. The molecular weight excluding hydrogens is 286 g/mol. The number of hydrogen-bond acceptors (Lipinski definition) is 2. The third-order valence-corrected chi connectivity index (χ3v) is 2.99. The highest BCUT2D eigenvalue weighted by molar-refractivity contribution is 6.17. The summed E-state index contributed by atoms with van der Waals surface area (Å²) in [4.78, 5) is 11.0. The van der Waals surface area contributed by atoms with Crippen molar-refractivity contribution in [1.29, 1.82) is 0 Å². The van der Waals surface area contributed by atoms with Crippen LogP contribution in [0.4, 0.5) is 8.78 Å². The molecule has 2 aromatic rings. The van der Waals surface area contributed by atoms with Gasteiger partial charge in [-0.05, 0) is 29.8 Å². The molecule has 0 atom stereocenters. The van der Waals surface area contributed by atoms with Crippen LogP contribution >= 0.6 is 11.6 Å². The maximum absolute atomic E-state index is 13.7. The van der Waals surface area contributed by atoms with Gasteiger partial charge in [-0.2, -0.15) is 0 Å². The molecule has 0 spiro atoms. The first-order valence-electron chi connectivity index (χ1n) is 5.84. The van der Waals surface area contributed by atoms with Crippen LogP contribution < -0.4 is 4.74 Å². The molecule has 0 aliphatic carbocycles. The molecule has 0 unspecified atom stereocenters. The fourth-order valence-electron chi connectivity index (χ4n) is 1.83. The molecule has 0 aromatic heterocycles. The molecule has 20 heavy (non-hydrogen) atoms. The van der Waals surface area contributed by atoms with Gasteiger partial charge in [-0.3, -0.25) is 4.79 Å². The molecule has 0 aliphatic heterocycles. The van der Waals surface area contributed by atoms with Crippen LogP contribution in [-0.4, -0.2) is 5.97 Å². The first-order chi connectivity index (χ1) is 9.51. The van der Waals surface area contributed by atoms with E-state index in [1.807, 2.05) is 0 Å². The van der Waals surface area contributed by atoms with Crippen LogP contribution in [0.1, 0.15) is 12.5 Å². The molecule has 5 heteroatoms. The average Bonchev–Trinajstić information content (AvgIpc) is 2.39. The van der Waals surface area contributed by atoms with Crippen molar-refractivity contribution in [3.63, 3.8) is 0 Å². The zero-order valence-corrected chi connectivity index (χ0v) is 11.4. The van der Waals surface area contributed by atoms with E-state index in [2.05, 4.69) is 0 Å². The third-order valence-electron chi connectivity index (χ3n) is 2.70. The summed E-state index contributed by atoms with van der Waals surface area (Å²) in [6.07, 6.45) is 0. The number of hydrogen-bond donors (Lipinski definition) is 0. The Morgan fingerprint density at radius 3 is 2.55 bits per heavy atom. The summed E-state index contributed by atoms with van der Waals surface area (Å²) in [6.45, 7) is 1.28. The van der Waals surface area contributed by atoms with Crippen LogP contribution in [0.25, 0.3) is 11.1 Å². The van der Waals surface area contributed by atoms with Gasteiger partial charge >= 0.3 is 5.97 Å². The highest BCUT2D eigenvalue weighted by Gasteiger charge is 2.11. The smallest absolute Gasteiger partial charge is 0.308 e. The lowest BCUT2D eigenvalue weighted by Gasteiger charge is -2.10. The molecule has 0 saturated carbocycles. The standard InChI is InChI=1S/C15H11ClF2O2/c1-9(19)20-15-5-2-10(6-11(15)8-16)13-4-3-12(17)7-14(13)18/h2-7H,8H2,1H3. The van der Waals surface area contributed by atoms with Crippen molar-refractivity contribution < 1.29 is 18.3 Å². The predicted octanol–water partition coefficient (Wildman–Crippen LogP) is 4.30. The monoisotopic (exact) mass is 296 g/mol. The van der Waals surface area contributed by atoms with E-state index in [0.717, 1.165) is 6.07 Å². The van der Waals surface area contributed by atoms with Crippen molar-refractivity contribution in [3.05, 3.63) is 53.6 Å². The molecule has 0 heterocycles. The summed E-state index contributed by atoms with van der Waals surface area (Å²) >= 11 is 5.79. The van der Waals surface area contributed by atoms with E-state index in [1.54, 1.807) is 12.1 Å². The fourth-order valence-corrected chi connectivity index (χ4v) is 2.04. The number of halogens is 3. The molecular formula is C15H11ClF2O2. The van der Waals surface area contributed by atoms with Crippen LogP contribution in [0.15, 0.2) is 36.4 Å². The second kappa shape index (κ2) is 6.01. The van der Waals surface area contributed by atoms with E-state index in [1.165, 1.54) is 25.1 Å². The molecule has 2 aromatic carbocycles. The molecule has 0 amide bonds. The van der Waals surface area contributed by atoms with Crippen LogP contribution in [0, 0.1) is 11.6 Å². The summed E-state index contributed by atoms with van der Waals surface area (Å²) in [6, 6.07) is 8.08. The number of benzene rings is 2. The summed E-state index contributed by atoms with van der Waals surface area (Å²) in [5.41, 5.74) is 1.35. The van der Waals surface area contributed by atoms with Crippen molar-refractivity contribution >= 4 is 17.6 Å². The number of ether oxygens (including phenoxy) is 1. The van der Waals surface area contributed by atoms with Gasteiger partial charge < -0.3 is 4.74 Å². The Bertz CT molecular complexity index is 656. The number of alkyl halides is 1. The van der Waals surface area contributed by atoms with E-state index in [4.69, 9.17) is 16.3 Å². The molecule has 2 nitrogen and oxygen atoms in total. The fraction of sp³-hybridized carbons (Fsp3) is 0.133. The Morgan fingerprint density at radius 1 is 1.20 bits per heavy atom. The summed E-state index contributed by atoms with van der Waals surface area (Å²) in [5.74, 6) is -1.32. The minimum absolute atomic E-state index is 0.110. The Labute approximate surface area is 119 Å².